The van der Waals surface area contributed by atoms with Crippen LogP contribution in [0.15, 0.2) is 12.3 Å². The molecule has 1 aliphatic carbocycles. The summed E-state index contributed by atoms with van der Waals surface area (Å²) in [5, 5.41) is 0. The first-order valence-electron chi connectivity index (χ1n) is 10.2. The summed E-state index contributed by atoms with van der Waals surface area (Å²) in [5.41, 5.74) is 2.43. The number of carbonyl (C=O) groups excluding carboxylic acids is 1. The van der Waals surface area contributed by atoms with Gasteiger partial charge in [0, 0.05) is 31.7 Å². The second-order valence-corrected chi connectivity index (χ2v) is 7.89. The average Bonchev–Trinajstić information content (AvgIpc) is 2.69. The molecule has 0 aromatic carbocycles. The number of piperidine rings is 1. The van der Waals surface area contributed by atoms with E-state index in [2.05, 4.69) is 21.7 Å². The van der Waals surface area contributed by atoms with Crippen molar-refractivity contribution < 1.29 is 9.53 Å². The first kappa shape index (κ1) is 19.0. The van der Waals surface area contributed by atoms with E-state index in [1.165, 1.54) is 56.2 Å². The first-order chi connectivity index (χ1) is 12.7. The smallest absolute Gasteiger partial charge is 0.213 e. The number of methoxy groups -OCH3 is 1. The fraction of sp³-hybridized carbons (Fsp3) is 0.714. The molecule has 0 spiro atoms. The molecule has 144 valence electrons. The lowest BCUT2D eigenvalue weighted by Crippen LogP contribution is -2.40. The number of aromatic nitrogens is 1. The van der Waals surface area contributed by atoms with E-state index in [1.54, 1.807) is 7.11 Å². The quantitative estimate of drug-likeness (QED) is 0.695. The third kappa shape index (κ3) is 4.68. The minimum atomic E-state index is 0.481. The van der Waals surface area contributed by atoms with Crippen LogP contribution in [0.25, 0.3) is 0 Å². The standard InChI is InChI=1S/C21H33N3O2/c1-17-13-21(26-2)22-14-20(17)23-11-6-7-18(15-23)10-12-24(16-25)19-8-4-3-5-9-19/h13-14,16,18-19H,3-12,15H2,1-2H3. The number of ether oxygens (including phenoxy) is 1. The lowest BCUT2D eigenvalue weighted by Gasteiger charge is -2.37. The highest BCUT2D eigenvalue weighted by Crippen LogP contribution is 2.29. The van der Waals surface area contributed by atoms with E-state index in [0.29, 0.717) is 17.8 Å². The maximum absolute atomic E-state index is 11.6. The first-order valence-corrected chi connectivity index (χ1v) is 10.2. The third-order valence-electron chi connectivity index (χ3n) is 6.10. The molecule has 2 fully saturated rings. The maximum Gasteiger partial charge on any atom is 0.213 e. The van der Waals surface area contributed by atoms with Gasteiger partial charge in [0.25, 0.3) is 0 Å². The van der Waals surface area contributed by atoms with E-state index in [0.717, 1.165) is 32.5 Å². The summed E-state index contributed by atoms with van der Waals surface area (Å²) < 4.78 is 5.23. The van der Waals surface area contributed by atoms with Crippen LogP contribution < -0.4 is 9.64 Å². The van der Waals surface area contributed by atoms with Crippen LogP contribution in [0.4, 0.5) is 5.69 Å². The lowest BCUT2D eigenvalue weighted by atomic mass is 9.92. The molecular weight excluding hydrogens is 326 g/mol. The van der Waals surface area contributed by atoms with Crippen molar-refractivity contribution in [2.75, 3.05) is 31.6 Å². The van der Waals surface area contributed by atoms with Crippen molar-refractivity contribution in [2.24, 2.45) is 5.92 Å². The van der Waals surface area contributed by atoms with Gasteiger partial charge in [-0.1, -0.05) is 19.3 Å². The van der Waals surface area contributed by atoms with E-state index < -0.39 is 0 Å². The number of hydrogen-bond donors (Lipinski definition) is 0. The third-order valence-corrected chi connectivity index (χ3v) is 6.10. The molecule has 0 bridgehead atoms. The van der Waals surface area contributed by atoms with Crippen molar-refractivity contribution in [1.29, 1.82) is 0 Å². The highest BCUT2D eigenvalue weighted by molar-refractivity contribution is 5.53. The SMILES string of the molecule is COc1cc(C)c(N2CCCC(CCN(C=O)C3CCCCC3)C2)cn1. The second kappa shape index (κ2) is 9.24. The minimum absolute atomic E-state index is 0.481. The molecule has 1 saturated heterocycles. The van der Waals surface area contributed by atoms with Crippen molar-refractivity contribution in [2.45, 2.75) is 64.3 Å². The summed E-state index contributed by atoms with van der Waals surface area (Å²) in [6.45, 7) is 5.18. The predicted octanol–water partition coefficient (Wildman–Crippen LogP) is 3.80. The number of pyridine rings is 1. The molecule has 1 aromatic rings. The summed E-state index contributed by atoms with van der Waals surface area (Å²) >= 11 is 0. The summed E-state index contributed by atoms with van der Waals surface area (Å²) in [7, 11) is 1.66. The number of hydrogen-bond acceptors (Lipinski definition) is 4. The van der Waals surface area contributed by atoms with Gasteiger partial charge in [-0.3, -0.25) is 4.79 Å². The van der Waals surface area contributed by atoms with Crippen LogP contribution in [0, 0.1) is 12.8 Å². The van der Waals surface area contributed by atoms with Crippen molar-refractivity contribution in [1.82, 2.24) is 9.88 Å². The summed E-state index contributed by atoms with van der Waals surface area (Å²) in [6, 6.07) is 2.49. The zero-order valence-corrected chi connectivity index (χ0v) is 16.3. The number of nitrogens with zero attached hydrogens (tertiary/aromatic N) is 3. The number of rotatable bonds is 7. The molecule has 2 aliphatic rings. The van der Waals surface area contributed by atoms with Gasteiger partial charge >= 0.3 is 0 Å². The normalized spacial score (nSPS) is 21.5. The van der Waals surface area contributed by atoms with Crippen LogP contribution in [0.3, 0.4) is 0 Å². The molecule has 1 saturated carbocycles. The molecule has 3 rings (SSSR count). The number of carbonyl (C=O) groups is 1. The molecule has 0 radical (unpaired) electrons. The van der Waals surface area contributed by atoms with E-state index in [4.69, 9.17) is 4.74 Å². The number of anilines is 1. The Labute approximate surface area is 157 Å². The molecule has 5 nitrogen and oxygen atoms in total. The Hall–Kier alpha value is -1.78. The van der Waals surface area contributed by atoms with Crippen molar-refractivity contribution in [3.8, 4) is 5.88 Å². The van der Waals surface area contributed by atoms with Gasteiger partial charge in [0.2, 0.25) is 12.3 Å². The Morgan fingerprint density at radius 2 is 2.08 bits per heavy atom. The number of amides is 1. The van der Waals surface area contributed by atoms with Gasteiger partial charge in [-0.05, 0) is 50.5 Å². The Morgan fingerprint density at radius 1 is 1.27 bits per heavy atom. The van der Waals surface area contributed by atoms with Gasteiger partial charge in [-0.2, -0.15) is 0 Å². The minimum Gasteiger partial charge on any atom is -0.481 e. The Balaban J connectivity index is 1.55. The predicted molar refractivity (Wildman–Crippen MR) is 105 cm³/mol. The van der Waals surface area contributed by atoms with Gasteiger partial charge in [0.15, 0.2) is 0 Å². The fourth-order valence-corrected chi connectivity index (χ4v) is 4.55. The van der Waals surface area contributed by atoms with Crippen LogP contribution in [0.2, 0.25) is 0 Å². The van der Waals surface area contributed by atoms with Crippen LogP contribution in [-0.4, -0.2) is 49.1 Å². The second-order valence-electron chi connectivity index (χ2n) is 7.89. The Bertz CT molecular complexity index is 587. The lowest BCUT2D eigenvalue weighted by molar-refractivity contribution is -0.121. The van der Waals surface area contributed by atoms with E-state index in [9.17, 15) is 4.79 Å². The topological polar surface area (TPSA) is 45.7 Å². The van der Waals surface area contributed by atoms with Crippen LogP contribution in [0.5, 0.6) is 5.88 Å². The molecular formula is C21H33N3O2. The molecule has 2 heterocycles. The van der Waals surface area contributed by atoms with Crippen molar-refractivity contribution >= 4 is 12.1 Å². The Kier molecular flexibility index (Phi) is 6.75. The Morgan fingerprint density at radius 3 is 2.77 bits per heavy atom. The highest BCUT2D eigenvalue weighted by atomic mass is 16.5. The summed E-state index contributed by atoms with van der Waals surface area (Å²) in [5.74, 6) is 1.32. The van der Waals surface area contributed by atoms with Crippen LogP contribution in [-0.2, 0) is 4.79 Å². The van der Waals surface area contributed by atoms with Crippen LogP contribution in [0.1, 0.15) is 56.9 Å². The van der Waals surface area contributed by atoms with E-state index in [-0.39, 0.29) is 0 Å². The average molecular weight is 360 g/mol. The van der Waals surface area contributed by atoms with E-state index in [1.807, 2.05) is 12.3 Å². The van der Waals surface area contributed by atoms with Gasteiger partial charge in [0.05, 0.1) is 19.0 Å². The zero-order valence-electron chi connectivity index (χ0n) is 16.3. The largest absolute Gasteiger partial charge is 0.481 e. The van der Waals surface area contributed by atoms with Crippen molar-refractivity contribution in [3.05, 3.63) is 17.8 Å². The molecule has 0 N–H and O–H groups in total. The van der Waals surface area contributed by atoms with Crippen molar-refractivity contribution in [3.63, 3.8) is 0 Å². The van der Waals surface area contributed by atoms with Gasteiger partial charge in [-0.15, -0.1) is 0 Å². The molecule has 1 atom stereocenters. The summed E-state index contributed by atoms with van der Waals surface area (Å²) in [6.07, 6.45) is 12.9. The maximum atomic E-state index is 11.6. The molecule has 1 unspecified atom stereocenters. The summed E-state index contributed by atoms with van der Waals surface area (Å²) in [4.78, 5) is 20.5. The van der Waals surface area contributed by atoms with E-state index >= 15 is 0 Å². The molecule has 1 aliphatic heterocycles. The highest BCUT2D eigenvalue weighted by Gasteiger charge is 2.24. The molecule has 1 aromatic heterocycles. The zero-order chi connectivity index (χ0) is 18.4. The van der Waals surface area contributed by atoms with Gasteiger partial charge in [0.1, 0.15) is 0 Å². The fourth-order valence-electron chi connectivity index (χ4n) is 4.55. The van der Waals surface area contributed by atoms with Crippen LogP contribution >= 0.6 is 0 Å². The number of aryl methyl sites for hydroxylation is 1. The molecule has 26 heavy (non-hydrogen) atoms. The molecule has 5 heteroatoms. The van der Waals surface area contributed by atoms with Gasteiger partial charge in [-0.25, -0.2) is 4.98 Å². The molecule has 1 amide bonds. The monoisotopic (exact) mass is 359 g/mol. The van der Waals surface area contributed by atoms with Gasteiger partial charge < -0.3 is 14.5 Å².